The zero-order chi connectivity index (χ0) is 19.2. The van der Waals surface area contributed by atoms with Gasteiger partial charge in [0.15, 0.2) is 0 Å². The number of hydrogen-bond acceptors (Lipinski definition) is 9. The third kappa shape index (κ3) is 5.15. The fraction of sp³-hybridized carbons (Fsp3) is 0.312. The maximum absolute atomic E-state index is 12.2. The lowest BCUT2D eigenvalue weighted by molar-refractivity contribution is -0.113. The number of amides is 1. The second-order valence-corrected chi connectivity index (χ2v) is 8.41. The van der Waals surface area contributed by atoms with Crippen LogP contribution in [-0.4, -0.2) is 44.4 Å². The fourth-order valence-corrected chi connectivity index (χ4v) is 4.54. The first kappa shape index (κ1) is 19.5. The summed E-state index contributed by atoms with van der Waals surface area (Å²) in [4.78, 5) is 25.7. The molecule has 0 unspecified atom stereocenters. The molecule has 0 atom stereocenters. The van der Waals surface area contributed by atoms with Crippen molar-refractivity contribution in [3.05, 3.63) is 38.9 Å². The number of thiophene rings is 2. The zero-order valence-electron chi connectivity index (χ0n) is 14.7. The molecule has 0 saturated heterocycles. The van der Waals surface area contributed by atoms with Crippen LogP contribution in [0, 0.1) is 6.92 Å². The van der Waals surface area contributed by atoms with E-state index < -0.39 is 0 Å². The maximum atomic E-state index is 12.2. The Morgan fingerprint density at radius 1 is 1.41 bits per heavy atom. The molecular weight excluding hydrogens is 406 g/mol. The van der Waals surface area contributed by atoms with Crippen LogP contribution in [0.25, 0.3) is 0 Å². The number of nitrogens with one attached hydrogen (secondary N) is 1. The van der Waals surface area contributed by atoms with Gasteiger partial charge < -0.3 is 10.1 Å². The standard InChI is InChI=1S/C16H17N5O3S3/c1-3-24-15(23)14-10(2)7-13(27-14)17-12(22)9-26-16-18-19-20-21(16)8-11-5-4-6-25-11/h4-7H,3,8-9H2,1-2H3,(H,17,22). The Morgan fingerprint density at radius 3 is 3.00 bits per heavy atom. The topological polar surface area (TPSA) is 99.0 Å². The van der Waals surface area contributed by atoms with Crippen LogP contribution in [-0.2, 0) is 16.1 Å². The number of thioether (sulfide) groups is 1. The summed E-state index contributed by atoms with van der Waals surface area (Å²) in [6, 6.07) is 5.74. The van der Waals surface area contributed by atoms with E-state index >= 15 is 0 Å². The van der Waals surface area contributed by atoms with Crippen LogP contribution in [0.15, 0.2) is 28.7 Å². The van der Waals surface area contributed by atoms with Crippen LogP contribution in [0.3, 0.4) is 0 Å². The molecule has 1 N–H and O–H groups in total. The van der Waals surface area contributed by atoms with Crippen molar-refractivity contribution in [1.29, 1.82) is 0 Å². The van der Waals surface area contributed by atoms with Crippen molar-refractivity contribution < 1.29 is 14.3 Å². The monoisotopic (exact) mass is 423 g/mol. The lowest BCUT2D eigenvalue weighted by atomic mass is 10.3. The van der Waals surface area contributed by atoms with E-state index in [-0.39, 0.29) is 17.6 Å². The van der Waals surface area contributed by atoms with E-state index in [1.165, 1.54) is 23.1 Å². The van der Waals surface area contributed by atoms with E-state index in [0.29, 0.717) is 28.2 Å². The van der Waals surface area contributed by atoms with Gasteiger partial charge in [-0.05, 0) is 47.4 Å². The molecule has 0 radical (unpaired) electrons. The summed E-state index contributed by atoms with van der Waals surface area (Å²) in [5.74, 6) is -0.402. The van der Waals surface area contributed by atoms with Crippen LogP contribution in [0.5, 0.6) is 0 Å². The summed E-state index contributed by atoms with van der Waals surface area (Å²) in [5.41, 5.74) is 0.779. The number of hydrogen-bond donors (Lipinski definition) is 1. The van der Waals surface area contributed by atoms with Gasteiger partial charge in [0.05, 0.1) is 23.9 Å². The zero-order valence-corrected chi connectivity index (χ0v) is 17.1. The van der Waals surface area contributed by atoms with Crippen molar-refractivity contribution >= 4 is 51.3 Å². The molecule has 3 heterocycles. The molecule has 3 aromatic heterocycles. The maximum Gasteiger partial charge on any atom is 0.348 e. The summed E-state index contributed by atoms with van der Waals surface area (Å²) in [6.45, 7) is 4.45. The van der Waals surface area contributed by atoms with E-state index in [2.05, 4.69) is 20.8 Å². The highest BCUT2D eigenvalue weighted by Crippen LogP contribution is 2.27. The number of nitrogens with zero attached hydrogens (tertiary/aromatic N) is 4. The SMILES string of the molecule is CCOC(=O)c1sc(NC(=O)CSc2nnnn2Cc2cccs2)cc1C. The Bertz CT molecular complexity index is 920. The van der Waals surface area contributed by atoms with Crippen LogP contribution < -0.4 is 5.32 Å². The molecule has 11 heteroatoms. The first-order valence-electron chi connectivity index (χ1n) is 8.05. The predicted octanol–water partition coefficient (Wildman–Crippen LogP) is 3.06. The Labute approximate surface area is 167 Å². The predicted molar refractivity (Wildman–Crippen MR) is 106 cm³/mol. The molecule has 0 saturated carbocycles. The first-order chi connectivity index (χ1) is 13.1. The highest BCUT2D eigenvalue weighted by Gasteiger charge is 2.16. The summed E-state index contributed by atoms with van der Waals surface area (Å²) >= 11 is 4.09. The van der Waals surface area contributed by atoms with Crippen molar-refractivity contribution in [2.75, 3.05) is 17.7 Å². The minimum Gasteiger partial charge on any atom is -0.462 e. The molecule has 0 aliphatic rings. The fourth-order valence-electron chi connectivity index (χ4n) is 2.20. The molecular formula is C16H17N5O3S3. The van der Waals surface area contributed by atoms with Crippen molar-refractivity contribution in [1.82, 2.24) is 20.2 Å². The highest BCUT2D eigenvalue weighted by molar-refractivity contribution is 7.99. The Balaban J connectivity index is 1.56. The van der Waals surface area contributed by atoms with Gasteiger partial charge in [-0.2, -0.15) is 0 Å². The number of aromatic nitrogens is 4. The number of ether oxygens (including phenoxy) is 1. The van der Waals surface area contributed by atoms with Crippen LogP contribution in [0.4, 0.5) is 5.00 Å². The minimum atomic E-state index is -0.373. The molecule has 1 amide bonds. The number of anilines is 1. The molecule has 0 spiro atoms. The molecule has 0 aliphatic heterocycles. The van der Waals surface area contributed by atoms with E-state index in [9.17, 15) is 9.59 Å². The molecule has 8 nitrogen and oxygen atoms in total. The van der Waals surface area contributed by atoms with E-state index in [0.717, 1.165) is 10.4 Å². The van der Waals surface area contributed by atoms with Gasteiger partial charge in [-0.15, -0.1) is 27.8 Å². The number of carbonyl (C=O) groups excluding carboxylic acids is 2. The van der Waals surface area contributed by atoms with Gasteiger partial charge in [-0.3, -0.25) is 4.79 Å². The summed E-state index contributed by atoms with van der Waals surface area (Å²) in [6.07, 6.45) is 0. The van der Waals surface area contributed by atoms with E-state index in [4.69, 9.17) is 4.74 Å². The lowest BCUT2D eigenvalue weighted by Gasteiger charge is -2.03. The van der Waals surface area contributed by atoms with E-state index in [1.807, 2.05) is 24.4 Å². The minimum absolute atomic E-state index is 0.163. The van der Waals surface area contributed by atoms with Gasteiger partial charge in [0.2, 0.25) is 11.1 Å². The Hall–Kier alpha value is -2.24. The smallest absolute Gasteiger partial charge is 0.348 e. The quantitative estimate of drug-likeness (QED) is 0.439. The van der Waals surface area contributed by atoms with Crippen LogP contribution in [0.1, 0.15) is 27.0 Å². The summed E-state index contributed by atoms with van der Waals surface area (Å²) in [5, 5.41) is 17.6. The normalized spacial score (nSPS) is 10.7. The molecule has 3 aromatic rings. The number of esters is 1. The third-order valence-corrected chi connectivity index (χ3v) is 6.31. The second-order valence-electron chi connectivity index (χ2n) is 5.38. The molecule has 0 aromatic carbocycles. The Kier molecular flexibility index (Phi) is 6.58. The molecule has 27 heavy (non-hydrogen) atoms. The van der Waals surface area contributed by atoms with Gasteiger partial charge in [-0.25, -0.2) is 9.48 Å². The van der Waals surface area contributed by atoms with Crippen LogP contribution in [0.2, 0.25) is 0 Å². The van der Waals surface area contributed by atoms with Crippen molar-refractivity contribution in [3.63, 3.8) is 0 Å². The average Bonchev–Trinajstić information content (AvgIpc) is 3.36. The van der Waals surface area contributed by atoms with Crippen molar-refractivity contribution in [3.8, 4) is 0 Å². The highest BCUT2D eigenvalue weighted by atomic mass is 32.2. The van der Waals surface area contributed by atoms with Gasteiger partial charge in [0, 0.05) is 4.88 Å². The third-order valence-electron chi connectivity index (χ3n) is 3.36. The Morgan fingerprint density at radius 2 is 2.26 bits per heavy atom. The second kappa shape index (κ2) is 9.11. The van der Waals surface area contributed by atoms with Crippen molar-refractivity contribution in [2.24, 2.45) is 0 Å². The first-order valence-corrected chi connectivity index (χ1v) is 10.7. The molecule has 0 fully saturated rings. The van der Waals surface area contributed by atoms with Gasteiger partial charge in [0.1, 0.15) is 4.88 Å². The molecule has 0 bridgehead atoms. The number of tetrazole rings is 1. The summed E-state index contributed by atoms with van der Waals surface area (Å²) < 4.78 is 6.67. The lowest BCUT2D eigenvalue weighted by Crippen LogP contribution is -2.14. The average molecular weight is 424 g/mol. The van der Waals surface area contributed by atoms with Gasteiger partial charge in [0.25, 0.3) is 0 Å². The van der Waals surface area contributed by atoms with Crippen LogP contribution >= 0.6 is 34.4 Å². The molecule has 0 aliphatic carbocycles. The van der Waals surface area contributed by atoms with Gasteiger partial charge in [-0.1, -0.05) is 17.8 Å². The summed E-state index contributed by atoms with van der Waals surface area (Å²) in [7, 11) is 0. The number of carbonyl (C=O) groups is 2. The molecule has 3 rings (SSSR count). The number of rotatable bonds is 8. The number of aryl methyl sites for hydroxylation is 1. The van der Waals surface area contributed by atoms with Gasteiger partial charge >= 0.3 is 5.97 Å². The molecule has 142 valence electrons. The largest absolute Gasteiger partial charge is 0.462 e. The van der Waals surface area contributed by atoms with Crippen molar-refractivity contribution in [2.45, 2.75) is 25.5 Å². The van der Waals surface area contributed by atoms with E-state index in [1.54, 1.807) is 29.0 Å².